The zero-order valence-corrected chi connectivity index (χ0v) is 13.2. The molecule has 2 bridgehead atoms. The highest BCUT2D eigenvalue weighted by atomic mass is 15.2. The molecule has 1 atom stereocenters. The maximum atomic E-state index is 3.69. The molecular weight excluding hydrogens is 270 g/mol. The molecule has 4 aliphatic heterocycles. The minimum atomic E-state index is 0.792. The fourth-order valence-electron chi connectivity index (χ4n) is 4.86. The molecular formula is C19H25N3. The third-order valence-electron chi connectivity index (χ3n) is 6.03. The summed E-state index contributed by atoms with van der Waals surface area (Å²) >= 11 is 0. The first kappa shape index (κ1) is 13.0. The van der Waals surface area contributed by atoms with E-state index in [4.69, 9.17) is 0 Å². The van der Waals surface area contributed by atoms with Gasteiger partial charge in [0, 0.05) is 29.6 Å². The quantitative estimate of drug-likeness (QED) is 0.889. The molecule has 1 aromatic heterocycles. The Bertz CT molecular complexity index is 688. The number of fused-ring (bicyclic) bond motifs is 3. The highest BCUT2D eigenvalue weighted by molar-refractivity contribution is 5.91. The average molecular weight is 295 g/mol. The van der Waals surface area contributed by atoms with Crippen LogP contribution in [-0.4, -0.2) is 31.2 Å². The lowest BCUT2D eigenvalue weighted by atomic mass is 9.83. The van der Waals surface area contributed by atoms with Crippen molar-refractivity contribution < 1.29 is 0 Å². The lowest BCUT2D eigenvalue weighted by Gasteiger charge is -2.40. The van der Waals surface area contributed by atoms with Gasteiger partial charge in [-0.25, -0.2) is 0 Å². The number of nitrogens with one attached hydrogen (secondary N) is 2. The van der Waals surface area contributed by atoms with Crippen LogP contribution in [0.5, 0.6) is 0 Å². The summed E-state index contributed by atoms with van der Waals surface area (Å²) in [5.41, 5.74) is 4.49. The van der Waals surface area contributed by atoms with Gasteiger partial charge in [-0.3, -0.25) is 0 Å². The zero-order valence-electron chi connectivity index (χ0n) is 13.2. The largest absolute Gasteiger partial charge is 0.358 e. The van der Waals surface area contributed by atoms with Crippen LogP contribution in [0.2, 0.25) is 0 Å². The van der Waals surface area contributed by atoms with Gasteiger partial charge in [0.15, 0.2) is 0 Å². The van der Waals surface area contributed by atoms with Crippen molar-refractivity contribution in [2.45, 2.75) is 38.0 Å². The van der Waals surface area contributed by atoms with E-state index in [0.717, 1.165) is 11.8 Å². The van der Waals surface area contributed by atoms with Gasteiger partial charge in [0.25, 0.3) is 0 Å². The first-order valence-corrected chi connectivity index (χ1v) is 8.98. The van der Waals surface area contributed by atoms with Crippen LogP contribution in [0.25, 0.3) is 10.9 Å². The Balaban J connectivity index is 1.52. The minimum absolute atomic E-state index is 0.792. The predicted octanol–water partition coefficient (Wildman–Crippen LogP) is 3.41. The second kappa shape index (κ2) is 5.02. The second-order valence-electron chi connectivity index (χ2n) is 7.45. The Labute approximate surface area is 132 Å². The van der Waals surface area contributed by atoms with E-state index in [1.54, 1.807) is 5.56 Å². The summed E-state index contributed by atoms with van der Waals surface area (Å²) in [5.74, 6) is 3.04. The molecule has 0 saturated carbocycles. The van der Waals surface area contributed by atoms with Crippen LogP contribution >= 0.6 is 0 Å². The summed E-state index contributed by atoms with van der Waals surface area (Å²) in [6.07, 6.45) is 6.64. The lowest BCUT2D eigenvalue weighted by molar-refractivity contribution is 0.376. The highest BCUT2D eigenvalue weighted by Crippen LogP contribution is 2.45. The third kappa shape index (κ3) is 1.98. The molecule has 1 aromatic carbocycles. The molecule has 1 unspecified atom stereocenters. The Morgan fingerprint density at radius 1 is 1.14 bits per heavy atom. The molecule has 0 amide bonds. The summed E-state index contributed by atoms with van der Waals surface area (Å²) in [5, 5.41) is 5.05. The van der Waals surface area contributed by atoms with Crippen molar-refractivity contribution in [3.05, 3.63) is 29.3 Å². The van der Waals surface area contributed by atoms with E-state index in [-0.39, 0.29) is 0 Å². The van der Waals surface area contributed by atoms with Gasteiger partial charge in [-0.15, -0.1) is 0 Å². The van der Waals surface area contributed by atoms with Crippen LogP contribution in [0.15, 0.2) is 18.2 Å². The Morgan fingerprint density at radius 2 is 2.05 bits per heavy atom. The van der Waals surface area contributed by atoms with Gasteiger partial charge in [-0.2, -0.15) is 0 Å². The SMILES string of the molecule is c1cc2[nH]c3c(c2cc1CC1CCCNC1)C1CCN3CC1. The number of hydrogen-bond acceptors (Lipinski definition) is 2. The van der Waals surface area contributed by atoms with Crippen LogP contribution in [0, 0.1) is 5.92 Å². The van der Waals surface area contributed by atoms with Crippen molar-refractivity contribution in [1.82, 2.24) is 10.3 Å². The molecule has 22 heavy (non-hydrogen) atoms. The van der Waals surface area contributed by atoms with E-state index in [9.17, 15) is 0 Å². The van der Waals surface area contributed by atoms with Crippen molar-refractivity contribution in [1.29, 1.82) is 0 Å². The molecule has 116 valence electrons. The van der Waals surface area contributed by atoms with Gasteiger partial charge in [-0.05, 0) is 74.7 Å². The van der Waals surface area contributed by atoms with Gasteiger partial charge in [-0.1, -0.05) is 6.07 Å². The van der Waals surface area contributed by atoms with E-state index in [2.05, 4.69) is 33.4 Å². The van der Waals surface area contributed by atoms with Crippen LogP contribution in [-0.2, 0) is 6.42 Å². The molecule has 4 aliphatic rings. The Hall–Kier alpha value is -1.48. The first-order valence-electron chi connectivity index (χ1n) is 8.98. The van der Waals surface area contributed by atoms with Gasteiger partial charge in [0.1, 0.15) is 5.82 Å². The number of rotatable bonds is 2. The van der Waals surface area contributed by atoms with Crippen LogP contribution < -0.4 is 10.2 Å². The average Bonchev–Trinajstić information content (AvgIpc) is 2.98. The normalized spacial score (nSPS) is 24.9. The topological polar surface area (TPSA) is 31.1 Å². The number of piperidine rings is 2. The van der Waals surface area contributed by atoms with Crippen LogP contribution in [0.3, 0.4) is 0 Å². The maximum absolute atomic E-state index is 3.69. The number of nitrogens with zero attached hydrogens (tertiary/aromatic N) is 1. The van der Waals surface area contributed by atoms with Gasteiger partial charge in [0.05, 0.1) is 0 Å². The molecule has 2 fully saturated rings. The summed E-state index contributed by atoms with van der Waals surface area (Å²) in [6, 6.07) is 7.15. The Kier molecular flexibility index (Phi) is 2.97. The summed E-state index contributed by atoms with van der Waals surface area (Å²) in [7, 11) is 0. The van der Waals surface area contributed by atoms with Crippen LogP contribution in [0.1, 0.15) is 42.7 Å². The van der Waals surface area contributed by atoms with Gasteiger partial charge < -0.3 is 15.2 Å². The fraction of sp³-hybridized carbons (Fsp3) is 0.579. The molecule has 0 radical (unpaired) electrons. The molecule has 5 heterocycles. The number of H-pyrrole nitrogens is 1. The predicted molar refractivity (Wildman–Crippen MR) is 91.8 cm³/mol. The van der Waals surface area contributed by atoms with Crippen molar-refractivity contribution in [2.75, 3.05) is 31.1 Å². The molecule has 2 saturated heterocycles. The molecule has 3 heteroatoms. The Morgan fingerprint density at radius 3 is 2.86 bits per heavy atom. The van der Waals surface area contributed by atoms with Crippen molar-refractivity contribution in [2.24, 2.45) is 5.92 Å². The number of aromatic nitrogens is 1. The van der Waals surface area contributed by atoms with E-state index in [1.807, 2.05) is 0 Å². The van der Waals surface area contributed by atoms with Crippen molar-refractivity contribution in [3.63, 3.8) is 0 Å². The smallest absolute Gasteiger partial charge is 0.110 e. The first-order chi connectivity index (χ1) is 10.9. The molecule has 3 nitrogen and oxygen atoms in total. The highest BCUT2D eigenvalue weighted by Gasteiger charge is 2.33. The number of anilines is 1. The van der Waals surface area contributed by atoms with Gasteiger partial charge in [0.2, 0.25) is 0 Å². The number of hydrogen-bond donors (Lipinski definition) is 2. The lowest BCUT2D eigenvalue weighted by Crippen LogP contribution is -2.38. The molecule has 2 N–H and O–H groups in total. The van der Waals surface area contributed by atoms with Gasteiger partial charge >= 0.3 is 0 Å². The summed E-state index contributed by atoms with van der Waals surface area (Å²) in [6.45, 7) is 4.88. The van der Waals surface area contributed by atoms with E-state index in [1.165, 1.54) is 80.6 Å². The van der Waals surface area contributed by atoms with E-state index < -0.39 is 0 Å². The molecule has 2 aromatic rings. The zero-order chi connectivity index (χ0) is 14.5. The van der Waals surface area contributed by atoms with E-state index in [0.29, 0.717) is 0 Å². The second-order valence-corrected chi connectivity index (χ2v) is 7.45. The molecule has 0 spiro atoms. The molecule has 6 rings (SSSR count). The third-order valence-corrected chi connectivity index (χ3v) is 6.03. The fourth-order valence-corrected chi connectivity index (χ4v) is 4.86. The standard InChI is InChI=1S/C19H25N3/c1-2-14(12-20-7-1)10-13-3-4-17-16(11-13)18-15-5-8-22(9-6-15)19(18)21-17/h3-4,11,14-15,20-21H,1-2,5-10,12H2. The van der Waals surface area contributed by atoms with Crippen LogP contribution in [0.4, 0.5) is 5.82 Å². The minimum Gasteiger partial charge on any atom is -0.358 e. The summed E-state index contributed by atoms with van der Waals surface area (Å²) in [4.78, 5) is 6.25. The van der Waals surface area contributed by atoms with Crippen molar-refractivity contribution >= 4 is 16.7 Å². The van der Waals surface area contributed by atoms with Crippen molar-refractivity contribution in [3.8, 4) is 0 Å². The summed E-state index contributed by atoms with van der Waals surface area (Å²) < 4.78 is 0. The monoisotopic (exact) mass is 295 g/mol. The van der Waals surface area contributed by atoms with E-state index >= 15 is 0 Å². The number of benzene rings is 1. The number of aromatic amines is 1. The maximum Gasteiger partial charge on any atom is 0.110 e. The molecule has 0 aliphatic carbocycles.